The molecule has 3 heterocycles. The molecule has 15 atom stereocenters. The van der Waals surface area contributed by atoms with Crippen LogP contribution in [0.4, 0.5) is 0 Å². The van der Waals surface area contributed by atoms with Crippen LogP contribution in [0.1, 0.15) is 58.3 Å². The molecule has 0 aromatic rings. The highest BCUT2D eigenvalue weighted by molar-refractivity contribution is 5.81. The summed E-state index contributed by atoms with van der Waals surface area (Å²) >= 11 is 0. The summed E-state index contributed by atoms with van der Waals surface area (Å²) in [7, 11) is 0. The summed E-state index contributed by atoms with van der Waals surface area (Å²) in [5, 5.41) is 112. The van der Waals surface area contributed by atoms with Crippen LogP contribution in [0.2, 0.25) is 0 Å². The van der Waals surface area contributed by atoms with Gasteiger partial charge in [0.1, 0.15) is 79.9 Å². The summed E-state index contributed by atoms with van der Waals surface area (Å²) < 4.78 is 38.6. The normalized spacial score (nSPS) is 32.8. The molecule has 3 fully saturated rings. The smallest absolute Gasteiger partial charge is 0.306 e. The predicted molar refractivity (Wildman–Crippen MR) is 220 cm³/mol. The first-order chi connectivity index (χ1) is 31.2. The lowest BCUT2D eigenvalue weighted by molar-refractivity contribution is -0.366. The van der Waals surface area contributed by atoms with Crippen LogP contribution in [0, 0.1) is 0 Å². The molecule has 2 amide bonds. The second-order valence-electron chi connectivity index (χ2n) is 16.0. The van der Waals surface area contributed by atoms with Gasteiger partial charge in [-0.1, -0.05) is 26.2 Å². The van der Waals surface area contributed by atoms with Crippen molar-refractivity contribution in [2.24, 2.45) is 0 Å². The maximum Gasteiger partial charge on any atom is 0.306 e. The number of hydrogen-bond acceptors (Lipinski definition) is 23. The summed E-state index contributed by atoms with van der Waals surface area (Å²) in [6.45, 7) is 2.25. The summed E-state index contributed by atoms with van der Waals surface area (Å²) in [5.74, 6) is -0.927. The number of aliphatic hydroxyl groups excluding tert-OH is 10. The van der Waals surface area contributed by atoms with Gasteiger partial charge in [-0.25, -0.2) is 0 Å². The van der Waals surface area contributed by atoms with E-state index in [1.54, 1.807) is 0 Å². The zero-order valence-electron chi connectivity index (χ0n) is 36.8. The van der Waals surface area contributed by atoms with E-state index in [1.807, 2.05) is 6.92 Å². The van der Waals surface area contributed by atoms with E-state index in [9.17, 15) is 70.2 Å². The Morgan fingerprint density at radius 2 is 1.15 bits per heavy atom. The summed E-state index contributed by atoms with van der Waals surface area (Å²) in [4.78, 5) is 47.8. The molecule has 3 aliphatic heterocycles. The van der Waals surface area contributed by atoms with E-state index in [0.717, 1.165) is 25.7 Å². The summed E-state index contributed by atoms with van der Waals surface area (Å²) in [6.07, 6.45) is -18.6. The second-order valence-corrected chi connectivity index (χ2v) is 16.0. The van der Waals surface area contributed by atoms with Gasteiger partial charge in [0.05, 0.1) is 39.5 Å². The largest absolute Gasteiger partial charge is 0.458 e. The lowest BCUT2D eigenvalue weighted by Crippen LogP contribution is -2.65. The summed E-state index contributed by atoms with van der Waals surface area (Å²) in [5.41, 5.74) is 0. The van der Waals surface area contributed by atoms with Crippen molar-refractivity contribution in [2.75, 3.05) is 78.8 Å². The van der Waals surface area contributed by atoms with E-state index in [4.69, 9.17) is 28.4 Å². The Kier molecular flexibility index (Phi) is 26.8. The number of carbonyl (C=O) groups is 4. The van der Waals surface area contributed by atoms with Gasteiger partial charge in [0.25, 0.3) is 0 Å². The topological polar surface area (TPSA) is 375 Å². The van der Waals surface area contributed by atoms with Gasteiger partial charge in [0.2, 0.25) is 11.8 Å². The number of nitrogens with zero attached hydrogens (tertiary/aromatic N) is 1. The molecular weight excluding hydrogens is 872 g/mol. The zero-order valence-corrected chi connectivity index (χ0v) is 36.8. The van der Waals surface area contributed by atoms with Crippen LogP contribution in [0.5, 0.6) is 0 Å². The van der Waals surface area contributed by atoms with Gasteiger partial charge in [-0.15, -0.1) is 0 Å². The molecule has 0 radical (unpaired) electrons. The molecular formula is C40H72N4O21. The van der Waals surface area contributed by atoms with Gasteiger partial charge in [0.15, 0.2) is 25.2 Å². The van der Waals surface area contributed by atoms with E-state index in [-0.39, 0.29) is 44.5 Å². The van der Waals surface area contributed by atoms with Crippen molar-refractivity contribution < 1.29 is 103 Å². The second kappa shape index (κ2) is 30.7. The Labute approximate surface area is 377 Å². The van der Waals surface area contributed by atoms with Crippen molar-refractivity contribution in [1.29, 1.82) is 0 Å². The van der Waals surface area contributed by atoms with Crippen LogP contribution in [0.3, 0.4) is 0 Å². The molecule has 3 saturated heterocycles. The van der Waals surface area contributed by atoms with Crippen LogP contribution >= 0.6 is 0 Å². The number of carbonyl (C=O) groups excluding carboxylic acids is 4. The first-order valence-electron chi connectivity index (χ1n) is 22.2. The average molecular weight is 945 g/mol. The zero-order chi connectivity index (χ0) is 47.9. The Hall–Kier alpha value is -2.64. The van der Waals surface area contributed by atoms with Crippen molar-refractivity contribution in [3.8, 4) is 0 Å². The molecule has 0 unspecified atom stereocenters. The SMILES string of the molecule is CCN(CCCCCCNC(=O)CNCC(=O)NCCCCCC(=O)OCC=O)CCO[C@H]1O[C@H](CO[C@H]2O[C@H](CO)[C@@H](O)[C@H](O)[C@@H]2O)[C@@H](O)[C@H](O[C@H]2O[C@H](CO)[C@@H](O)[C@H](O)[C@@H]2O)[C@@H]1O. The lowest BCUT2D eigenvalue weighted by Gasteiger charge is -2.46. The van der Waals surface area contributed by atoms with Crippen LogP contribution < -0.4 is 16.0 Å². The molecule has 0 aromatic carbocycles. The van der Waals surface area contributed by atoms with Gasteiger partial charge in [-0.2, -0.15) is 0 Å². The van der Waals surface area contributed by atoms with Crippen LogP contribution in [0.15, 0.2) is 0 Å². The quantitative estimate of drug-likeness (QED) is 0.0175. The molecule has 0 bridgehead atoms. The number of hydrogen-bond donors (Lipinski definition) is 13. The molecule has 0 aliphatic carbocycles. The maximum atomic E-state index is 12.2. The molecule has 378 valence electrons. The highest BCUT2D eigenvalue weighted by Crippen LogP contribution is 2.31. The fraction of sp³-hybridized carbons (Fsp3) is 0.900. The average Bonchev–Trinajstić information content (AvgIpc) is 3.29. The van der Waals surface area contributed by atoms with Crippen LogP contribution in [-0.2, 0) is 52.3 Å². The minimum absolute atomic E-state index is 0.0180. The third kappa shape index (κ3) is 18.8. The molecule has 0 aromatic heterocycles. The molecule has 65 heavy (non-hydrogen) atoms. The van der Waals surface area contributed by atoms with Crippen molar-refractivity contribution in [2.45, 2.75) is 150 Å². The fourth-order valence-electron chi connectivity index (χ4n) is 7.25. The molecule has 3 rings (SSSR count). The highest BCUT2D eigenvalue weighted by atomic mass is 16.7. The number of rotatable bonds is 31. The fourth-order valence-corrected chi connectivity index (χ4v) is 7.25. The number of amides is 2. The van der Waals surface area contributed by atoms with Crippen molar-refractivity contribution in [3.63, 3.8) is 0 Å². The number of nitrogens with one attached hydrogen (secondary N) is 3. The minimum atomic E-state index is -1.87. The Bertz CT molecular complexity index is 1370. The van der Waals surface area contributed by atoms with Crippen molar-refractivity contribution in [3.05, 3.63) is 0 Å². The molecule has 0 spiro atoms. The lowest BCUT2D eigenvalue weighted by atomic mass is 9.96. The maximum absolute atomic E-state index is 12.2. The Morgan fingerprint density at radius 3 is 1.74 bits per heavy atom. The van der Waals surface area contributed by atoms with Crippen LogP contribution in [0.25, 0.3) is 0 Å². The Morgan fingerprint density at radius 1 is 0.615 bits per heavy atom. The molecule has 0 saturated carbocycles. The molecule has 25 heteroatoms. The summed E-state index contributed by atoms with van der Waals surface area (Å²) in [6, 6.07) is 0. The minimum Gasteiger partial charge on any atom is -0.458 e. The third-order valence-electron chi connectivity index (χ3n) is 11.2. The van der Waals surface area contributed by atoms with E-state index >= 15 is 0 Å². The van der Waals surface area contributed by atoms with Crippen molar-refractivity contribution >= 4 is 24.1 Å². The van der Waals surface area contributed by atoms with Gasteiger partial charge in [-0.05, 0) is 38.8 Å². The van der Waals surface area contributed by atoms with Gasteiger partial charge in [0, 0.05) is 26.1 Å². The van der Waals surface area contributed by atoms with Crippen molar-refractivity contribution in [1.82, 2.24) is 20.9 Å². The van der Waals surface area contributed by atoms with E-state index in [2.05, 4.69) is 25.6 Å². The number of unbranched alkanes of at least 4 members (excludes halogenated alkanes) is 5. The molecule has 13 N–H and O–H groups in total. The van der Waals surface area contributed by atoms with E-state index < -0.39 is 118 Å². The number of ether oxygens (including phenoxy) is 7. The van der Waals surface area contributed by atoms with Gasteiger partial charge < -0.3 is 99.8 Å². The van der Waals surface area contributed by atoms with E-state index in [1.165, 1.54) is 0 Å². The van der Waals surface area contributed by atoms with Gasteiger partial charge in [-0.3, -0.25) is 24.5 Å². The third-order valence-corrected chi connectivity index (χ3v) is 11.2. The number of esters is 1. The first kappa shape index (κ1) is 56.7. The number of aliphatic hydroxyl groups is 10. The standard InChI is InChI=1S/C40H72N4O21/c1-2-44(13-9-4-3-7-11-42-26(48)18-41-19-27(49)43-12-8-5-6-10-28(50)59-17-15-45)14-16-60-39-36(58)37(65-40-35(57)33(55)30(52)24(21-47)63-40)31(53)25(64-39)22-61-38-34(56)32(54)29(51)23(20-46)62-38/h15,23-25,29-41,46-47,51-58H,2-14,16-22H2,1H3,(H,42,48)(H,43,49)/t23-,24-,25-,29-,30-,31-,32+,33+,34+,35+,36+,37+,38+,39+,40-/m1/s1. The van der Waals surface area contributed by atoms with E-state index in [0.29, 0.717) is 58.3 Å². The van der Waals surface area contributed by atoms with Crippen LogP contribution in [-0.4, -0.2) is 251 Å². The predicted octanol–water partition coefficient (Wildman–Crippen LogP) is -6.54. The van der Waals surface area contributed by atoms with Gasteiger partial charge >= 0.3 is 5.97 Å². The molecule has 3 aliphatic rings. The number of aldehydes is 1. The molecule has 25 nitrogen and oxygen atoms in total. The highest BCUT2D eigenvalue weighted by Gasteiger charge is 2.52. The number of likely N-dealkylation sites (N-methyl/N-ethyl adjacent to an activating group) is 1. The monoisotopic (exact) mass is 944 g/mol. The first-order valence-corrected chi connectivity index (χ1v) is 22.2. The Balaban J connectivity index is 1.39.